The van der Waals surface area contributed by atoms with E-state index in [1.165, 1.54) is 0 Å². The van der Waals surface area contributed by atoms with Gasteiger partial charge in [0.15, 0.2) is 0 Å². The average molecular weight is 386 g/mol. The summed E-state index contributed by atoms with van der Waals surface area (Å²) in [6, 6.07) is 16.5. The third-order valence-electron chi connectivity index (χ3n) is 5.33. The Bertz CT molecular complexity index is 1120. The van der Waals surface area contributed by atoms with Crippen molar-refractivity contribution >= 4 is 22.7 Å². The third kappa shape index (κ3) is 3.79. The number of hydrogen-bond acceptors (Lipinski definition) is 3. The van der Waals surface area contributed by atoms with Crippen LogP contribution in [0, 0.1) is 12.8 Å². The zero-order valence-electron chi connectivity index (χ0n) is 16.2. The van der Waals surface area contributed by atoms with Crippen LogP contribution in [0.4, 0.5) is 0 Å². The molecule has 1 atom stereocenters. The topological polar surface area (TPSA) is 63.6 Å². The van der Waals surface area contributed by atoms with Crippen LogP contribution in [0.15, 0.2) is 66.7 Å². The van der Waals surface area contributed by atoms with E-state index < -0.39 is 5.97 Å². The zero-order chi connectivity index (χ0) is 20.4. The first kappa shape index (κ1) is 18.9. The maximum atomic E-state index is 12.7. The van der Waals surface area contributed by atoms with Gasteiger partial charge in [-0.05, 0) is 54.8 Å². The molecule has 4 nitrogen and oxygen atoms in total. The molecule has 1 unspecified atom stereocenters. The minimum absolute atomic E-state index is 0.222. The summed E-state index contributed by atoms with van der Waals surface area (Å²) in [7, 11) is 0. The molecule has 0 saturated carbocycles. The van der Waals surface area contributed by atoms with Crippen LogP contribution in [-0.2, 0) is 4.79 Å². The lowest BCUT2D eigenvalue weighted by molar-refractivity contribution is -0.137. The highest BCUT2D eigenvalue weighted by Gasteiger charge is 2.22. The van der Waals surface area contributed by atoms with Gasteiger partial charge < -0.3 is 9.84 Å². The molecule has 0 spiro atoms. The number of carbonyl (C=O) groups excluding carboxylic acids is 1. The number of esters is 1. The monoisotopic (exact) mass is 386 g/mol. The van der Waals surface area contributed by atoms with Gasteiger partial charge in [0.2, 0.25) is 0 Å². The predicted octanol–water partition coefficient (Wildman–Crippen LogP) is 5.78. The summed E-state index contributed by atoms with van der Waals surface area (Å²) in [5.74, 6) is -1.04. The van der Waals surface area contributed by atoms with E-state index in [1.807, 2.05) is 55.5 Å². The molecule has 1 aliphatic carbocycles. The first-order chi connectivity index (χ1) is 14.0. The molecule has 3 aromatic rings. The molecule has 4 heteroatoms. The van der Waals surface area contributed by atoms with Gasteiger partial charge in [0.25, 0.3) is 0 Å². The highest BCUT2D eigenvalue weighted by Crippen LogP contribution is 2.38. The molecule has 0 fully saturated rings. The number of rotatable bonds is 4. The molecule has 29 heavy (non-hydrogen) atoms. The number of allylic oxidation sites excluding steroid dienone is 1. The first-order valence-electron chi connectivity index (χ1n) is 9.79. The number of fused-ring (bicyclic) bond motifs is 1. The summed E-state index contributed by atoms with van der Waals surface area (Å²) < 4.78 is 5.82. The van der Waals surface area contributed by atoms with E-state index in [0.717, 1.165) is 41.2 Å². The summed E-state index contributed by atoms with van der Waals surface area (Å²) >= 11 is 0. The summed E-state index contributed by atoms with van der Waals surface area (Å²) in [5, 5.41) is 11.3. The van der Waals surface area contributed by atoms with E-state index in [4.69, 9.17) is 4.74 Å². The van der Waals surface area contributed by atoms with Gasteiger partial charge in [0.1, 0.15) is 5.75 Å². The standard InChI is InChI=1S/C25H22O4/c1-16-13-14-20(24(26)27)21(15-16)19-11-5-9-17-10-6-12-22(23(17)19)29-25(28)18-7-3-2-4-8-18/h3,5-7,9-15,18H,2,4,8H2,1H3,(H,26,27). The maximum Gasteiger partial charge on any atom is 0.336 e. The lowest BCUT2D eigenvalue weighted by Crippen LogP contribution is -2.20. The number of ether oxygens (including phenoxy) is 1. The largest absolute Gasteiger partial charge is 0.478 e. The number of benzene rings is 3. The first-order valence-corrected chi connectivity index (χ1v) is 9.79. The molecule has 0 aromatic heterocycles. The van der Waals surface area contributed by atoms with E-state index in [2.05, 4.69) is 0 Å². The van der Waals surface area contributed by atoms with Crippen molar-refractivity contribution in [2.75, 3.05) is 0 Å². The normalized spacial score (nSPS) is 16.0. The minimum Gasteiger partial charge on any atom is -0.478 e. The molecule has 0 heterocycles. The Morgan fingerprint density at radius 3 is 2.55 bits per heavy atom. The van der Waals surface area contributed by atoms with Gasteiger partial charge in [0, 0.05) is 5.39 Å². The third-order valence-corrected chi connectivity index (χ3v) is 5.33. The van der Waals surface area contributed by atoms with Crippen molar-refractivity contribution in [3.63, 3.8) is 0 Å². The van der Waals surface area contributed by atoms with Gasteiger partial charge in [-0.1, -0.05) is 60.2 Å². The van der Waals surface area contributed by atoms with Crippen LogP contribution in [0.25, 0.3) is 21.9 Å². The summed E-state index contributed by atoms with van der Waals surface area (Å²) in [6.45, 7) is 1.93. The van der Waals surface area contributed by atoms with E-state index in [0.29, 0.717) is 11.3 Å². The number of carboxylic acid groups (broad SMARTS) is 1. The van der Waals surface area contributed by atoms with Gasteiger partial charge in [0.05, 0.1) is 11.5 Å². The Hall–Kier alpha value is -3.40. The van der Waals surface area contributed by atoms with Crippen molar-refractivity contribution in [3.8, 4) is 16.9 Å². The second kappa shape index (κ2) is 7.92. The minimum atomic E-state index is -0.987. The SMILES string of the molecule is Cc1ccc(C(=O)O)c(-c2cccc3cccc(OC(=O)C4C=CCCC4)c23)c1. The van der Waals surface area contributed by atoms with E-state index in [-0.39, 0.29) is 17.5 Å². The fourth-order valence-corrected chi connectivity index (χ4v) is 3.88. The predicted molar refractivity (Wildman–Crippen MR) is 113 cm³/mol. The molecule has 0 amide bonds. The van der Waals surface area contributed by atoms with E-state index >= 15 is 0 Å². The van der Waals surface area contributed by atoms with Crippen molar-refractivity contribution in [3.05, 3.63) is 77.9 Å². The van der Waals surface area contributed by atoms with E-state index in [9.17, 15) is 14.7 Å². The summed E-state index contributed by atoms with van der Waals surface area (Å²) in [5.41, 5.74) is 2.54. The molecular formula is C25H22O4. The molecule has 1 aliphatic rings. The molecular weight excluding hydrogens is 364 g/mol. The zero-order valence-corrected chi connectivity index (χ0v) is 16.2. The average Bonchev–Trinajstić information content (AvgIpc) is 2.74. The van der Waals surface area contributed by atoms with Crippen LogP contribution >= 0.6 is 0 Å². The summed E-state index contributed by atoms with van der Waals surface area (Å²) in [4.78, 5) is 24.5. The number of aromatic carboxylic acids is 1. The molecule has 146 valence electrons. The van der Waals surface area contributed by atoms with Crippen LogP contribution in [0.3, 0.4) is 0 Å². The fourth-order valence-electron chi connectivity index (χ4n) is 3.88. The Morgan fingerprint density at radius 1 is 1.03 bits per heavy atom. The highest BCUT2D eigenvalue weighted by molar-refractivity contribution is 6.06. The molecule has 0 saturated heterocycles. The molecule has 1 N–H and O–H groups in total. The number of aryl methyl sites for hydroxylation is 1. The van der Waals surface area contributed by atoms with Gasteiger partial charge in [-0.15, -0.1) is 0 Å². The second-order valence-electron chi connectivity index (χ2n) is 7.40. The molecule has 0 aliphatic heterocycles. The van der Waals surface area contributed by atoms with Gasteiger partial charge in [-0.3, -0.25) is 4.79 Å². The Morgan fingerprint density at radius 2 is 1.83 bits per heavy atom. The quantitative estimate of drug-likeness (QED) is 0.351. The molecule has 0 radical (unpaired) electrons. The van der Waals surface area contributed by atoms with Crippen LogP contribution in [0.1, 0.15) is 35.2 Å². The van der Waals surface area contributed by atoms with E-state index in [1.54, 1.807) is 18.2 Å². The Labute approximate surface area is 169 Å². The van der Waals surface area contributed by atoms with Crippen LogP contribution < -0.4 is 4.74 Å². The smallest absolute Gasteiger partial charge is 0.336 e. The van der Waals surface area contributed by atoms with Crippen molar-refractivity contribution in [1.82, 2.24) is 0 Å². The number of carbonyl (C=O) groups is 2. The van der Waals surface area contributed by atoms with Crippen molar-refractivity contribution < 1.29 is 19.4 Å². The van der Waals surface area contributed by atoms with Crippen LogP contribution in [0.5, 0.6) is 5.75 Å². The van der Waals surface area contributed by atoms with Crippen molar-refractivity contribution in [2.45, 2.75) is 26.2 Å². The van der Waals surface area contributed by atoms with Crippen LogP contribution in [0.2, 0.25) is 0 Å². The van der Waals surface area contributed by atoms with Gasteiger partial charge >= 0.3 is 11.9 Å². The van der Waals surface area contributed by atoms with Crippen LogP contribution in [-0.4, -0.2) is 17.0 Å². The maximum absolute atomic E-state index is 12.7. The Kier molecular flexibility index (Phi) is 5.17. The molecule has 4 rings (SSSR count). The summed E-state index contributed by atoms with van der Waals surface area (Å²) in [6.07, 6.45) is 6.70. The number of hydrogen-bond donors (Lipinski definition) is 1. The Balaban J connectivity index is 1.86. The lowest BCUT2D eigenvalue weighted by atomic mass is 9.92. The fraction of sp³-hybridized carbons (Fsp3) is 0.200. The highest BCUT2D eigenvalue weighted by atomic mass is 16.5. The molecule has 3 aromatic carbocycles. The number of carboxylic acids is 1. The van der Waals surface area contributed by atoms with Gasteiger partial charge in [-0.2, -0.15) is 0 Å². The van der Waals surface area contributed by atoms with Gasteiger partial charge in [-0.25, -0.2) is 4.79 Å². The van der Waals surface area contributed by atoms with Crippen molar-refractivity contribution in [2.24, 2.45) is 5.92 Å². The second-order valence-corrected chi connectivity index (χ2v) is 7.40. The molecule has 0 bridgehead atoms. The lowest BCUT2D eigenvalue weighted by Gasteiger charge is -2.17. The van der Waals surface area contributed by atoms with Crippen molar-refractivity contribution in [1.29, 1.82) is 0 Å².